The van der Waals surface area contributed by atoms with Crippen molar-refractivity contribution in [1.29, 1.82) is 0 Å². The molecule has 0 spiro atoms. The number of nitrogens with zero attached hydrogens (tertiary/aromatic N) is 2. The molecule has 0 unspecified atom stereocenters. The van der Waals surface area contributed by atoms with Gasteiger partial charge in [0.2, 0.25) is 0 Å². The lowest BCUT2D eigenvalue weighted by Gasteiger charge is -2.07. The number of carbonyl (C=O) groups excluding carboxylic acids is 2. The van der Waals surface area contributed by atoms with Gasteiger partial charge in [-0.05, 0) is 49.6 Å². The van der Waals surface area contributed by atoms with Gasteiger partial charge in [-0.2, -0.15) is 5.10 Å². The molecule has 0 aliphatic carbocycles. The maximum Gasteiger partial charge on any atom is 0.338 e. The first-order chi connectivity index (χ1) is 12.5. The monoisotopic (exact) mass is 497 g/mol. The quantitative estimate of drug-likeness (QED) is 0.523. The molecule has 0 fully saturated rings. The van der Waals surface area contributed by atoms with Crippen LogP contribution in [0.2, 0.25) is 0 Å². The van der Waals surface area contributed by atoms with E-state index in [4.69, 9.17) is 4.74 Å². The van der Waals surface area contributed by atoms with Gasteiger partial charge in [0.05, 0.1) is 39.8 Å². The van der Waals surface area contributed by atoms with Crippen molar-refractivity contribution in [3.63, 3.8) is 0 Å². The van der Waals surface area contributed by atoms with Crippen LogP contribution in [0.3, 0.4) is 0 Å². The molecule has 0 aliphatic rings. The highest BCUT2D eigenvalue weighted by Gasteiger charge is 2.14. The Hall–Kier alpha value is -1.97. The second kappa shape index (κ2) is 8.15. The van der Waals surface area contributed by atoms with Crippen LogP contribution >= 0.6 is 43.2 Å². The van der Waals surface area contributed by atoms with E-state index in [9.17, 15) is 9.59 Å². The molecular formula is C17H13Br2N3O3S. The third-order valence-corrected chi connectivity index (χ3v) is 6.77. The number of benzene rings is 1. The van der Waals surface area contributed by atoms with Crippen molar-refractivity contribution in [3.8, 4) is 0 Å². The summed E-state index contributed by atoms with van der Waals surface area (Å²) in [5.74, 6) is -0.606. The zero-order valence-corrected chi connectivity index (χ0v) is 17.5. The second-order valence-corrected chi connectivity index (χ2v) is 8.49. The summed E-state index contributed by atoms with van der Waals surface area (Å²) < 4.78 is 8.15. The Bertz CT molecular complexity index is 948. The van der Waals surface area contributed by atoms with Crippen LogP contribution in [-0.4, -0.2) is 28.8 Å². The zero-order valence-electron chi connectivity index (χ0n) is 13.5. The van der Waals surface area contributed by atoms with Crippen LogP contribution in [0.15, 0.2) is 51.0 Å². The fraction of sp³-hybridized carbons (Fsp3) is 0.118. The number of amides is 1. The van der Waals surface area contributed by atoms with E-state index in [1.807, 2.05) is 12.1 Å². The van der Waals surface area contributed by atoms with Crippen LogP contribution < -0.4 is 5.32 Å². The van der Waals surface area contributed by atoms with E-state index in [-0.39, 0.29) is 5.91 Å². The largest absolute Gasteiger partial charge is 0.465 e. The van der Waals surface area contributed by atoms with Gasteiger partial charge in [0.25, 0.3) is 5.91 Å². The predicted molar refractivity (Wildman–Crippen MR) is 107 cm³/mol. The lowest BCUT2D eigenvalue weighted by atomic mass is 10.1. The topological polar surface area (TPSA) is 73.2 Å². The van der Waals surface area contributed by atoms with Crippen molar-refractivity contribution in [2.45, 2.75) is 6.54 Å². The normalized spacial score (nSPS) is 10.6. The van der Waals surface area contributed by atoms with E-state index in [1.165, 1.54) is 18.4 Å². The Morgan fingerprint density at radius 1 is 1.31 bits per heavy atom. The predicted octanol–water partition coefficient (Wildman–Crippen LogP) is 4.56. The minimum absolute atomic E-state index is 0.212. The van der Waals surface area contributed by atoms with Gasteiger partial charge in [0.15, 0.2) is 0 Å². The minimum atomic E-state index is -0.393. The fourth-order valence-corrected chi connectivity index (χ4v) is 4.24. The molecule has 0 saturated heterocycles. The number of esters is 1. The maximum absolute atomic E-state index is 12.3. The average molecular weight is 499 g/mol. The Balaban J connectivity index is 1.73. The number of carbonyl (C=O) groups is 2. The van der Waals surface area contributed by atoms with E-state index < -0.39 is 5.97 Å². The summed E-state index contributed by atoms with van der Waals surface area (Å²) in [5.41, 5.74) is 1.85. The average Bonchev–Trinajstić information content (AvgIpc) is 3.21. The number of anilines is 1. The number of nitrogens with one attached hydrogen (secondary N) is 1. The van der Waals surface area contributed by atoms with Crippen LogP contribution in [0.1, 0.15) is 25.6 Å². The smallest absolute Gasteiger partial charge is 0.338 e. The molecule has 9 heteroatoms. The van der Waals surface area contributed by atoms with Gasteiger partial charge >= 0.3 is 5.97 Å². The summed E-state index contributed by atoms with van der Waals surface area (Å²) in [5, 5.41) is 7.05. The van der Waals surface area contributed by atoms with Crippen LogP contribution in [0.25, 0.3) is 0 Å². The van der Waals surface area contributed by atoms with Crippen LogP contribution in [0.5, 0.6) is 0 Å². The first-order valence-electron chi connectivity index (χ1n) is 7.43. The molecule has 1 amide bonds. The third kappa shape index (κ3) is 4.22. The van der Waals surface area contributed by atoms with E-state index in [1.54, 1.807) is 35.3 Å². The first kappa shape index (κ1) is 18.8. The molecule has 0 bridgehead atoms. The molecule has 2 heterocycles. The maximum atomic E-state index is 12.3. The number of thiophene rings is 1. The lowest BCUT2D eigenvalue weighted by molar-refractivity contribution is 0.0599. The number of rotatable bonds is 5. The zero-order chi connectivity index (χ0) is 18.7. The molecule has 134 valence electrons. The molecule has 1 N–H and O–H groups in total. The van der Waals surface area contributed by atoms with Crippen molar-refractivity contribution in [2.24, 2.45) is 0 Å². The van der Waals surface area contributed by atoms with Gasteiger partial charge in [0, 0.05) is 10.7 Å². The standard InChI is InChI=1S/C17H13Br2N3O3S/c1-25-17(24)12-5-3-2-4-10(12)8-22-9-11(7-20-22)21-16(23)14-6-13(18)15(19)26-14/h2-7,9H,8H2,1H3,(H,21,23). The number of ether oxygens (including phenoxy) is 1. The van der Waals surface area contributed by atoms with Crippen molar-refractivity contribution in [3.05, 3.63) is 67.0 Å². The third-order valence-electron chi connectivity index (χ3n) is 3.52. The highest BCUT2D eigenvalue weighted by Crippen LogP contribution is 2.32. The van der Waals surface area contributed by atoms with Crippen molar-refractivity contribution in [2.75, 3.05) is 12.4 Å². The summed E-state index contributed by atoms with van der Waals surface area (Å²) in [6.07, 6.45) is 3.28. The molecule has 2 aromatic heterocycles. The van der Waals surface area contributed by atoms with Crippen molar-refractivity contribution in [1.82, 2.24) is 9.78 Å². The Labute approximate surface area is 170 Å². The summed E-state index contributed by atoms with van der Waals surface area (Å²) in [4.78, 5) is 24.7. The van der Waals surface area contributed by atoms with E-state index >= 15 is 0 Å². The molecular weight excluding hydrogens is 486 g/mol. The molecule has 0 saturated carbocycles. The molecule has 1 aromatic carbocycles. The van der Waals surface area contributed by atoms with Crippen LogP contribution in [-0.2, 0) is 11.3 Å². The Morgan fingerprint density at radius 2 is 2.08 bits per heavy atom. The molecule has 0 atom stereocenters. The Morgan fingerprint density at radius 3 is 2.77 bits per heavy atom. The van der Waals surface area contributed by atoms with E-state index in [2.05, 4.69) is 42.3 Å². The van der Waals surface area contributed by atoms with E-state index in [0.29, 0.717) is 22.7 Å². The van der Waals surface area contributed by atoms with Gasteiger partial charge < -0.3 is 10.1 Å². The highest BCUT2D eigenvalue weighted by molar-refractivity contribution is 9.13. The number of halogens is 2. The van der Waals surface area contributed by atoms with Crippen LogP contribution in [0, 0.1) is 0 Å². The molecule has 6 nitrogen and oxygen atoms in total. The second-order valence-electron chi connectivity index (χ2n) is 5.26. The molecule has 3 aromatic rings. The number of hydrogen-bond donors (Lipinski definition) is 1. The van der Waals surface area contributed by atoms with Gasteiger partial charge in [-0.3, -0.25) is 9.48 Å². The summed E-state index contributed by atoms with van der Waals surface area (Å²) in [7, 11) is 1.35. The van der Waals surface area contributed by atoms with Crippen LogP contribution in [0.4, 0.5) is 5.69 Å². The first-order valence-corrected chi connectivity index (χ1v) is 9.83. The van der Waals surface area contributed by atoms with E-state index in [0.717, 1.165) is 13.8 Å². The fourth-order valence-electron chi connectivity index (χ4n) is 2.31. The van der Waals surface area contributed by atoms with Gasteiger partial charge in [-0.15, -0.1) is 11.3 Å². The summed E-state index contributed by atoms with van der Waals surface area (Å²) in [6.45, 7) is 0.386. The summed E-state index contributed by atoms with van der Waals surface area (Å²) in [6, 6.07) is 8.93. The number of methoxy groups -OCH3 is 1. The summed E-state index contributed by atoms with van der Waals surface area (Å²) >= 11 is 8.08. The van der Waals surface area contributed by atoms with Gasteiger partial charge in [0.1, 0.15) is 0 Å². The van der Waals surface area contributed by atoms with Gasteiger partial charge in [-0.1, -0.05) is 18.2 Å². The number of hydrogen-bond acceptors (Lipinski definition) is 5. The van der Waals surface area contributed by atoms with Crippen molar-refractivity contribution >= 4 is 60.8 Å². The number of aromatic nitrogens is 2. The Kier molecular flexibility index (Phi) is 5.90. The molecule has 3 rings (SSSR count). The van der Waals surface area contributed by atoms with Crippen molar-refractivity contribution < 1.29 is 14.3 Å². The van der Waals surface area contributed by atoms with Gasteiger partial charge in [-0.25, -0.2) is 4.79 Å². The molecule has 26 heavy (non-hydrogen) atoms. The minimum Gasteiger partial charge on any atom is -0.465 e. The SMILES string of the molecule is COC(=O)c1ccccc1Cn1cc(NC(=O)c2cc(Br)c(Br)s2)cn1. The highest BCUT2D eigenvalue weighted by atomic mass is 79.9. The lowest BCUT2D eigenvalue weighted by Crippen LogP contribution is -2.10. The molecule has 0 radical (unpaired) electrons. The molecule has 0 aliphatic heterocycles.